The monoisotopic (exact) mass is 400 g/mol. The minimum absolute atomic E-state index is 0.0838. The van der Waals surface area contributed by atoms with Crippen LogP contribution in [0, 0.1) is 17.0 Å². The second kappa shape index (κ2) is 8.58. The Balaban J connectivity index is 1.78. The number of hydrogen-bond acceptors (Lipinski definition) is 6. The van der Waals surface area contributed by atoms with Gasteiger partial charge >= 0.3 is 5.69 Å². The third kappa shape index (κ3) is 4.32. The Kier molecular flexibility index (Phi) is 5.96. The minimum atomic E-state index is -0.516. The Labute approximate surface area is 166 Å². The summed E-state index contributed by atoms with van der Waals surface area (Å²) in [6.45, 7) is 1.82. The molecule has 0 bridgehead atoms. The number of methoxy groups -OCH3 is 1. The van der Waals surface area contributed by atoms with Crippen LogP contribution in [-0.4, -0.2) is 17.2 Å². The highest BCUT2D eigenvalue weighted by Crippen LogP contribution is 2.31. The van der Waals surface area contributed by atoms with Crippen LogP contribution in [0.5, 0.6) is 11.5 Å². The van der Waals surface area contributed by atoms with E-state index < -0.39 is 4.92 Å². The molecule has 0 aliphatic carbocycles. The summed E-state index contributed by atoms with van der Waals surface area (Å²) in [4.78, 5) is 10.6. The smallest absolute Gasteiger partial charge is 0.338 e. The fourth-order valence-corrected chi connectivity index (χ4v) is 2.75. The van der Waals surface area contributed by atoms with Gasteiger partial charge < -0.3 is 14.0 Å². The van der Waals surface area contributed by atoms with Crippen molar-refractivity contribution < 1.29 is 18.9 Å². The van der Waals surface area contributed by atoms with Gasteiger partial charge in [0, 0.05) is 10.6 Å². The molecule has 144 valence electrons. The first kappa shape index (κ1) is 19.4. The van der Waals surface area contributed by atoms with E-state index in [1.165, 1.54) is 20.1 Å². The summed E-state index contributed by atoms with van der Waals surface area (Å²) in [6, 6.07) is 12.8. The van der Waals surface area contributed by atoms with Crippen LogP contribution in [0.4, 0.5) is 5.69 Å². The van der Waals surface area contributed by atoms with E-state index in [4.69, 9.17) is 25.6 Å². The second-order valence-corrected chi connectivity index (χ2v) is 6.27. The highest BCUT2D eigenvalue weighted by molar-refractivity contribution is 6.31. The molecule has 0 unspecified atom stereocenters. The maximum atomic E-state index is 11.1. The molecule has 0 aliphatic rings. The van der Waals surface area contributed by atoms with Gasteiger partial charge in [0.15, 0.2) is 17.2 Å². The molecule has 0 atom stereocenters. The average molecular weight is 401 g/mol. The zero-order chi connectivity index (χ0) is 20.1. The number of aromatic nitrogens is 1. The van der Waals surface area contributed by atoms with Crippen molar-refractivity contribution in [3.63, 3.8) is 0 Å². The van der Waals surface area contributed by atoms with Crippen LogP contribution >= 0.6 is 11.6 Å². The number of hydrogen-bond donors (Lipinski definition) is 0. The SMILES string of the molecule is COc1cc(/C=C\c2onc(C)c2[N+](=O)[O-])ccc1OCc1ccccc1Cl. The van der Waals surface area contributed by atoms with Gasteiger partial charge in [-0.1, -0.05) is 47.1 Å². The summed E-state index contributed by atoms with van der Waals surface area (Å²) in [5.41, 5.74) is 1.70. The average Bonchev–Trinajstić information content (AvgIpc) is 3.06. The molecule has 0 spiro atoms. The van der Waals surface area contributed by atoms with E-state index in [-0.39, 0.29) is 17.1 Å². The molecule has 7 nitrogen and oxygen atoms in total. The molecule has 2 aromatic carbocycles. The molecule has 0 amide bonds. The molecule has 0 radical (unpaired) electrons. The quantitative estimate of drug-likeness (QED) is 0.395. The molecular formula is C20H17ClN2O5. The largest absolute Gasteiger partial charge is 0.493 e. The van der Waals surface area contributed by atoms with Crippen molar-refractivity contribution in [1.82, 2.24) is 5.16 Å². The van der Waals surface area contributed by atoms with E-state index in [0.29, 0.717) is 23.1 Å². The number of benzene rings is 2. The van der Waals surface area contributed by atoms with Gasteiger partial charge in [0.2, 0.25) is 5.76 Å². The zero-order valence-corrected chi connectivity index (χ0v) is 16.0. The van der Waals surface area contributed by atoms with Crippen LogP contribution in [0.2, 0.25) is 5.02 Å². The van der Waals surface area contributed by atoms with E-state index >= 15 is 0 Å². The lowest BCUT2D eigenvalue weighted by atomic mass is 10.1. The predicted octanol–water partition coefficient (Wildman–Crippen LogP) is 5.30. The normalized spacial score (nSPS) is 11.0. The Morgan fingerprint density at radius 2 is 2.00 bits per heavy atom. The molecule has 1 heterocycles. The van der Waals surface area contributed by atoms with Crippen molar-refractivity contribution in [3.05, 3.63) is 80.2 Å². The summed E-state index contributed by atoms with van der Waals surface area (Å²) in [5.74, 6) is 1.17. The van der Waals surface area contributed by atoms with E-state index in [2.05, 4.69) is 5.16 Å². The maximum absolute atomic E-state index is 11.1. The molecule has 1 aromatic heterocycles. The van der Waals surface area contributed by atoms with Crippen LogP contribution in [0.3, 0.4) is 0 Å². The first-order valence-corrected chi connectivity index (χ1v) is 8.70. The molecule has 0 N–H and O–H groups in total. The van der Waals surface area contributed by atoms with Gasteiger partial charge in [-0.05, 0) is 36.8 Å². The van der Waals surface area contributed by atoms with Crippen LogP contribution in [-0.2, 0) is 6.61 Å². The molecule has 3 aromatic rings. The van der Waals surface area contributed by atoms with Crippen molar-refractivity contribution >= 4 is 29.4 Å². The number of nitrogens with zero attached hydrogens (tertiary/aromatic N) is 2. The fourth-order valence-electron chi connectivity index (χ4n) is 2.56. The van der Waals surface area contributed by atoms with E-state index in [9.17, 15) is 10.1 Å². The van der Waals surface area contributed by atoms with Gasteiger partial charge in [0.05, 0.1) is 12.0 Å². The van der Waals surface area contributed by atoms with E-state index in [1.54, 1.807) is 30.3 Å². The summed E-state index contributed by atoms with van der Waals surface area (Å²) in [5, 5.41) is 15.4. The van der Waals surface area contributed by atoms with Crippen LogP contribution in [0.25, 0.3) is 12.2 Å². The van der Waals surface area contributed by atoms with Gasteiger partial charge in [0.25, 0.3) is 0 Å². The van der Waals surface area contributed by atoms with Gasteiger partial charge in [-0.25, -0.2) is 0 Å². The van der Waals surface area contributed by atoms with E-state index in [0.717, 1.165) is 11.1 Å². The third-order valence-electron chi connectivity index (χ3n) is 4.00. The predicted molar refractivity (Wildman–Crippen MR) is 106 cm³/mol. The maximum Gasteiger partial charge on any atom is 0.338 e. The van der Waals surface area contributed by atoms with Crippen LogP contribution in [0.1, 0.15) is 22.6 Å². The zero-order valence-electron chi connectivity index (χ0n) is 15.2. The first-order chi connectivity index (χ1) is 13.5. The lowest BCUT2D eigenvalue weighted by molar-refractivity contribution is -0.386. The molecule has 0 saturated heterocycles. The van der Waals surface area contributed by atoms with Crippen molar-refractivity contribution in [2.24, 2.45) is 0 Å². The number of halogens is 1. The van der Waals surface area contributed by atoms with Crippen LogP contribution < -0.4 is 9.47 Å². The molecule has 28 heavy (non-hydrogen) atoms. The van der Waals surface area contributed by atoms with Crippen molar-refractivity contribution in [1.29, 1.82) is 0 Å². The van der Waals surface area contributed by atoms with Crippen molar-refractivity contribution in [2.75, 3.05) is 7.11 Å². The van der Waals surface area contributed by atoms with Gasteiger partial charge in [-0.15, -0.1) is 0 Å². The van der Waals surface area contributed by atoms with Crippen molar-refractivity contribution in [2.45, 2.75) is 13.5 Å². The van der Waals surface area contributed by atoms with Crippen LogP contribution in [0.15, 0.2) is 47.0 Å². The highest BCUT2D eigenvalue weighted by Gasteiger charge is 2.21. The van der Waals surface area contributed by atoms with E-state index in [1.807, 2.05) is 18.2 Å². The molecule has 0 aliphatic heterocycles. The lowest BCUT2D eigenvalue weighted by Crippen LogP contribution is -1.98. The standard InChI is InChI=1S/C20H17ClN2O5/c1-13-20(23(24)25)18(28-22-13)10-8-14-7-9-17(19(11-14)26-2)27-12-15-5-3-4-6-16(15)21/h3-11H,12H2,1-2H3/b10-8-. The molecule has 0 fully saturated rings. The molecular weight excluding hydrogens is 384 g/mol. The van der Waals surface area contributed by atoms with Gasteiger partial charge in [-0.3, -0.25) is 10.1 Å². The van der Waals surface area contributed by atoms with Crippen molar-refractivity contribution in [3.8, 4) is 11.5 Å². The van der Waals surface area contributed by atoms with Gasteiger partial charge in [0.1, 0.15) is 6.61 Å². The Morgan fingerprint density at radius 3 is 2.71 bits per heavy atom. The number of aryl methyl sites for hydroxylation is 1. The fraction of sp³-hybridized carbons (Fsp3) is 0.150. The Morgan fingerprint density at radius 1 is 1.21 bits per heavy atom. The number of ether oxygens (including phenoxy) is 2. The topological polar surface area (TPSA) is 87.6 Å². The first-order valence-electron chi connectivity index (χ1n) is 8.32. The summed E-state index contributed by atoms with van der Waals surface area (Å²) < 4.78 is 16.2. The highest BCUT2D eigenvalue weighted by atomic mass is 35.5. The third-order valence-corrected chi connectivity index (χ3v) is 4.36. The molecule has 8 heteroatoms. The summed E-state index contributed by atoms with van der Waals surface area (Å²) in [7, 11) is 1.54. The number of rotatable bonds is 7. The molecule has 3 rings (SSSR count). The number of nitro groups is 1. The molecule has 0 saturated carbocycles. The van der Waals surface area contributed by atoms with Gasteiger partial charge in [-0.2, -0.15) is 0 Å². The minimum Gasteiger partial charge on any atom is -0.493 e. The Bertz CT molecular complexity index is 1030. The second-order valence-electron chi connectivity index (χ2n) is 5.86. The summed E-state index contributed by atoms with van der Waals surface area (Å²) >= 11 is 6.14. The summed E-state index contributed by atoms with van der Waals surface area (Å²) in [6.07, 6.45) is 3.17. The lowest BCUT2D eigenvalue weighted by Gasteiger charge is -2.12. The Hall–Kier alpha value is -3.32.